The lowest BCUT2D eigenvalue weighted by atomic mass is 10.2. The predicted molar refractivity (Wildman–Crippen MR) is 73.7 cm³/mol. The van der Waals surface area contributed by atoms with E-state index in [4.69, 9.17) is 0 Å². The molecular formula is C13H18BrFN2O. The van der Waals surface area contributed by atoms with E-state index in [1.54, 1.807) is 12.1 Å². The molecule has 1 atom stereocenters. The van der Waals surface area contributed by atoms with E-state index < -0.39 is 0 Å². The van der Waals surface area contributed by atoms with Crippen LogP contribution < -0.4 is 10.6 Å². The van der Waals surface area contributed by atoms with Crippen molar-refractivity contribution in [3.63, 3.8) is 0 Å². The van der Waals surface area contributed by atoms with E-state index >= 15 is 0 Å². The van der Waals surface area contributed by atoms with Crippen molar-refractivity contribution in [1.29, 1.82) is 0 Å². The second kappa shape index (κ2) is 7.48. The number of amides is 1. The SMILES string of the molecule is CCC(C)NC(=O)CNCc1cc(Br)ccc1F. The molecular weight excluding hydrogens is 299 g/mol. The Kier molecular flexibility index (Phi) is 6.29. The second-order valence-corrected chi connectivity index (χ2v) is 5.13. The van der Waals surface area contributed by atoms with Crippen LogP contribution in [0, 0.1) is 5.82 Å². The molecule has 5 heteroatoms. The zero-order valence-corrected chi connectivity index (χ0v) is 12.2. The summed E-state index contributed by atoms with van der Waals surface area (Å²) in [6.45, 7) is 4.48. The molecule has 1 aromatic carbocycles. The van der Waals surface area contributed by atoms with Crippen LogP contribution in [0.2, 0.25) is 0 Å². The summed E-state index contributed by atoms with van der Waals surface area (Å²) in [5, 5.41) is 5.76. The Bertz CT molecular complexity index is 412. The molecule has 0 aliphatic heterocycles. The summed E-state index contributed by atoms with van der Waals surface area (Å²) in [6, 6.07) is 4.92. The van der Waals surface area contributed by atoms with Gasteiger partial charge in [-0.25, -0.2) is 4.39 Å². The molecule has 0 spiro atoms. The van der Waals surface area contributed by atoms with Crippen LogP contribution in [0.5, 0.6) is 0 Å². The maximum atomic E-state index is 13.4. The normalized spacial score (nSPS) is 12.2. The van der Waals surface area contributed by atoms with Gasteiger partial charge in [-0.2, -0.15) is 0 Å². The van der Waals surface area contributed by atoms with E-state index in [0.717, 1.165) is 10.9 Å². The van der Waals surface area contributed by atoms with E-state index in [1.165, 1.54) is 6.07 Å². The van der Waals surface area contributed by atoms with Crippen molar-refractivity contribution in [3.8, 4) is 0 Å². The lowest BCUT2D eigenvalue weighted by Gasteiger charge is -2.12. The Morgan fingerprint density at radius 3 is 2.89 bits per heavy atom. The maximum Gasteiger partial charge on any atom is 0.234 e. The summed E-state index contributed by atoms with van der Waals surface area (Å²) in [7, 11) is 0. The quantitative estimate of drug-likeness (QED) is 0.847. The predicted octanol–water partition coefficient (Wildman–Crippen LogP) is 2.59. The largest absolute Gasteiger partial charge is 0.353 e. The van der Waals surface area contributed by atoms with Crippen LogP contribution in [0.15, 0.2) is 22.7 Å². The molecule has 18 heavy (non-hydrogen) atoms. The summed E-state index contributed by atoms with van der Waals surface area (Å²) in [6.07, 6.45) is 0.895. The summed E-state index contributed by atoms with van der Waals surface area (Å²) in [5.74, 6) is -0.340. The molecule has 1 unspecified atom stereocenters. The zero-order chi connectivity index (χ0) is 13.5. The van der Waals surface area contributed by atoms with Crippen molar-refractivity contribution >= 4 is 21.8 Å². The Balaban J connectivity index is 2.37. The minimum Gasteiger partial charge on any atom is -0.353 e. The van der Waals surface area contributed by atoms with E-state index in [0.29, 0.717) is 12.1 Å². The van der Waals surface area contributed by atoms with Gasteiger partial charge in [-0.3, -0.25) is 4.79 Å². The summed E-state index contributed by atoms with van der Waals surface area (Å²) < 4.78 is 14.2. The molecule has 0 aromatic heterocycles. The van der Waals surface area contributed by atoms with Crippen LogP contribution in [-0.2, 0) is 11.3 Å². The molecule has 0 saturated carbocycles. The lowest BCUT2D eigenvalue weighted by Crippen LogP contribution is -2.38. The van der Waals surface area contributed by atoms with Crippen LogP contribution in [0.3, 0.4) is 0 Å². The van der Waals surface area contributed by atoms with Crippen molar-refractivity contribution in [1.82, 2.24) is 10.6 Å². The van der Waals surface area contributed by atoms with Gasteiger partial charge in [0.25, 0.3) is 0 Å². The van der Waals surface area contributed by atoms with E-state index in [9.17, 15) is 9.18 Å². The number of halogens is 2. The maximum absolute atomic E-state index is 13.4. The van der Waals surface area contributed by atoms with E-state index in [2.05, 4.69) is 26.6 Å². The highest BCUT2D eigenvalue weighted by Crippen LogP contribution is 2.15. The number of benzene rings is 1. The minimum absolute atomic E-state index is 0.0697. The summed E-state index contributed by atoms with van der Waals surface area (Å²) >= 11 is 3.29. The van der Waals surface area contributed by atoms with Crippen LogP contribution in [-0.4, -0.2) is 18.5 Å². The Hall–Kier alpha value is -0.940. The lowest BCUT2D eigenvalue weighted by molar-refractivity contribution is -0.120. The van der Waals surface area contributed by atoms with Crippen molar-refractivity contribution in [2.75, 3.05) is 6.54 Å². The Labute approximate surface area is 115 Å². The number of carbonyl (C=O) groups excluding carboxylic acids is 1. The first-order chi connectivity index (χ1) is 8.52. The minimum atomic E-state index is -0.270. The zero-order valence-electron chi connectivity index (χ0n) is 10.6. The molecule has 1 aromatic rings. The molecule has 3 nitrogen and oxygen atoms in total. The molecule has 0 radical (unpaired) electrons. The highest BCUT2D eigenvalue weighted by Gasteiger charge is 2.06. The highest BCUT2D eigenvalue weighted by atomic mass is 79.9. The number of carbonyl (C=O) groups is 1. The van der Waals surface area contributed by atoms with Crippen molar-refractivity contribution in [3.05, 3.63) is 34.1 Å². The molecule has 0 aliphatic rings. The Morgan fingerprint density at radius 2 is 2.22 bits per heavy atom. The topological polar surface area (TPSA) is 41.1 Å². The fraction of sp³-hybridized carbons (Fsp3) is 0.462. The van der Waals surface area contributed by atoms with Crippen LogP contribution in [0.25, 0.3) is 0 Å². The molecule has 100 valence electrons. The Morgan fingerprint density at radius 1 is 1.50 bits per heavy atom. The van der Waals surface area contributed by atoms with Gasteiger partial charge < -0.3 is 10.6 Å². The highest BCUT2D eigenvalue weighted by molar-refractivity contribution is 9.10. The van der Waals surface area contributed by atoms with Crippen LogP contribution in [0.1, 0.15) is 25.8 Å². The van der Waals surface area contributed by atoms with Gasteiger partial charge in [-0.1, -0.05) is 22.9 Å². The van der Waals surface area contributed by atoms with E-state index in [-0.39, 0.29) is 24.3 Å². The van der Waals surface area contributed by atoms with Gasteiger partial charge in [-0.15, -0.1) is 0 Å². The fourth-order valence-electron chi connectivity index (χ4n) is 1.42. The molecule has 1 rings (SSSR count). The van der Waals surface area contributed by atoms with Gasteiger partial charge in [0, 0.05) is 22.6 Å². The number of hydrogen-bond donors (Lipinski definition) is 2. The third-order valence-corrected chi connectivity index (χ3v) is 3.12. The average molecular weight is 317 g/mol. The van der Waals surface area contributed by atoms with Crippen LogP contribution >= 0.6 is 15.9 Å². The molecule has 0 bridgehead atoms. The molecule has 0 saturated heterocycles. The van der Waals surface area contributed by atoms with Crippen molar-refractivity contribution in [2.24, 2.45) is 0 Å². The third kappa shape index (κ3) is 5.14. The molecule has 1 amide bonds. The number of nitrogens with one attached hydrogen (secondary N) is 2. The number of rotatable bonds is 6. The van der Waals surface area contributed by atoms with Crippen molar-refractivity contribution in [2.45, 2.75) is 32.9 Å². The van der Waals surface area contributed by atoms with Gasteiger partial charge in [-0.05, 0) is 31.5 Å². The summed E-state index contributed by atoms with van der Waals surface area (Å²) in [4.78, 5) is 11.5. The first-order valence-corrected chi connectivity index (χ1v) is 6.76. The second-order valence-electron chi connectivity index (χ2n) is 4.22. The van der Waals surface area contributed by atoms with Gasteiger partial charge in [0.1, 0.15) is 5.82 Å². The van der Waals surface area contributed by atoms with Gasteiger partial charge in [0.2, 0.25) is 5.91 Å². The third-order valence-electron chi connectivity index (χ3n) is 2.63. The fourth-order valence-corrected chi connectivity index (χ4v) is 1.83. The van der Waals surface area contributed by atoms with Gasteiger partial charge in [0.15, 0.2) is 0 Å². The first kappa shape index (κ1) is 15.1. The monoisotopic (exact) mass is 316 g/mol. The molecule has 2 N–H and O–H groups in total. The standard InChI is InChI=1S/C13H18BrFN2O/c1-3-9(2)17-13(18)8-16-7-10-6-11(14)4-5-12(10)15/h4-6,9,16H,3,7-8H2,1-2H3,(H,17,18). The average Bonchev–Trinajstić information content (AvgIpc) is 2.33. The smallest absolute Gasteiger partial charge is 0.234 e. The molecule has 0 heterocycles. The van der Waals surface area contributed by atoms with Crippen LogP contribution in [0.4, 0.5) is 4.39 Å². The van der Waals surface area contributed by atoms with E-state index in [1.807, 2.05) is 13.8 Å². The van der Waals surface area contributed by atoms with Gasteiger partial charge in [0.05, 0.1) is 6.54 Å². The summed E-state index contributed by atoms with van der Waals surface area (Å²) in [5.41, 5.74) is 0.542. The first-order valence-electron chi connectivity index (χ1n) is 5.97. The molecule has 0 aliphatic carbocycles. The van der Waals surface area contributed by atoms with Crippen molar-refractivity contribution < 1.29 is 9.18 Å². The molecule has 0 fully saturated rings. The number of hydrogen-bond acceptors (Lipinski definition) is 2. The van der Waals surface area contributed by atoms with Gasteiger partial charge >= 0.3 is 0 Å².